The van der Waals surface area contributed by atoms with E-state index in [1.807, 2.05) is 0 Å². The van der Waals surface area contributed by atoms with Gasteiger partial charge in [-0.15, -0.1) is 0 Å². The number of ketones is 2. The van der Waals surface area contributed by atoms with Crippen LogP contribution in [0.4, 0.5) is 5.69 Å². The lowest BCUT2D eigenvalue weighted by molar-refractivity contribution is -0.114. The average molecular weight is 370 g/mol. The normalized spacial score (nSPS) is 11.6. The van der Waals surface area contributed by atoms with Gasteiger partial charge in [-0.1, -0.05) is 6.07 Å². The van der Waals surface area contributed by atoms with Crippen molar-refractivity contribution in [1.29, 1.82) is 0 Å². The number of carbonyl (C=O) groups excluding carboxylic acids is 4. The number of aromatic nitrogens is 1. The standard InChI is InChI=1S/C20H22N2O5/c1-10-17(12(3)23)11(2)21-18(10)19(25)13(4)27-20(26)15-7-6-8-16(9-15)22-14(5)24/h6-9,13,21H,1-5H3,(H,22,24)/t13-/m1/s1. The molecule has 2 aromatic rings. The van der Waals surface area contributed by atoms with E-state index in [0.29, 0.717) is 22.5 Å². The van der Waals surface area contributed by atoms with Crippen LogP contribution in [0.25, 0.3) is 0 Å². The van der Waals surface area contributed by atoms with Crippen molar-refractivity contribution in [3.8, 4) is 0 Å². The van der Waals surface area contributed by atoms with Crippen LogP contribution in [0.3, 0.4) is 0 Å². The van der Waals surface area contributed by atoms with Gasteiger partial charge in [-0.05, 0) is 51.5 Å². The first kappa shape index (κ1) is 20.1. The SMILES string of the molecule is CC(=O)Nc1cccc(C(=O)O[C@H](C)C(=O)c2[nH]c(C)c(C(C)=O)c2C)c1. The molecule has 2 rings (SSSR count). The molecule has 0 unspecified atom stereocenters. The van der Waals surface area contributed by atoms with Gasteiger partial charge in [0, 0.05) is 23.9 Å². The van der Waals surface area contributed by atoms with Gasteiger partial charge in [0.05, 0.1) is 11.3 Å². The maximum atomic E-state index is 12.7. The molecule has 0 aliphatic rings. The largest absolute Gasteiger partial charge is 0.451 e. The maximum absolute atomic E-state index is 12.7. The van der Waals surface area contributed by atoms with Gasteiger partial charge in [-0.25, -0.2) is 4.79 Å². The van der Waals surface area contributed by atoms with Gasteiger partial charge in [-0.2, -0.15) is 0 Å². The monoisotopic (exact) mass is 370 g/mol. The Bertz CT molecular complexity index is 926. The molecule has 7 heteroatoms. The number of hydrogen-bond acceptors (Lipinski definition) is 5. The Morgan fingerprint density at radius 3 is 2.33 bits per heavy atom. The molecule has 27 heavy (non-hydrogen) atoms. The summed E-state index contributed by atoms with van der Waals surface area (Å²) in [4.78, 5) is 50.8. The number of nitrogens with one attached hydrogen (secondary N) is 2. The molecule has 0 fully saturated rings. The van der Waals surface area contributed by atoms with Crippen LogP contribution in [0.1, 0.15) is 63.2 Å². The Morgan fingerprint density at radius 2 is 1.78 bits per heavy atom. The molecule has 1 aromatic carbocycles. The smallest absolute Gasteiger partial charge is 0.338 e. The second kappa shape index (κ2) is 7.99. The zero-order chi connectivity index (χ0) is 20.3. The second-order valence-corrected chi connectivity index (χ2v) is 6.35. The molecule has 1 amide bonds. The number of amides is 1. The Balaban J connectivity index is 2.17. The molecule has 0 saturated heterocycles. The molecule has 0 spiro atoms. The minimum atomic E-state index is -1.04. The molecule has 0 saturated carbocycles. The number of benzene rings is 1. The molecule has 7 nitrogen and oxygen atoms in total. The third-order valence-electron chi connectivity index (χ3n) is 4.11. The topological polar surface area (TPSA) is 105 Å². The summed E-state index contributed by atoms with van der Waals surface area (Å²) in [5, 5.41) is 2.58. The Kier molecular flexibility index (Phi) is 5.95. The molecular formula is C20H22N2O5. The highest BCUT2D eigenvalue weighted by Gasteiger charge is 2.26. The highest BCUT2D eigenvalue weighted by molar-refractivity contribution is 6.05. The fourth-order valence-electron chi connectivity index (χ4n) is 2.94. The van der Waals surface area contributed by atoms with Crippen LogP contribution in [0.5, 0.6) is 0 Å². The van der Waals surface area contributed by atoms with Crippen molar-refractivity contribution in [2.45, 2.75) is 40.7 Å². The van der Waals surface area contributed by atoms with E-state index in [9.17, 15) is 19.2 Å². The average Bonchev–Trinajstić information content (AvgIpc) is 2.88. The first-order valence-corrected chi connectivity index (χ1v) is 8.44. The van der Waals surface area contributed by atoms with Gasteiger partial charge < -0.3 is 15.0 Å². The number of aryl methyl sites for hydroxylation is 1. The van der Waals surface area contributed by atoms with E-state index in [2.05, 4.69) is 10.3 Å². The van der Waals surface area contributed by atoms with Crippen molar-refractivity contribution in [2.24, 2.45) is 0 Å². The molecule has 142 valence electrons. The first-order chi connectivity index (χ1) is 12.6. The third kappa shape index (κ3) is 4.49. The number of carbonyl (C=O) groups is 4. The zero-order valence-electron chi connectivity index (χ0n) is 15.9. The van der Waals surface area contributed by atoms with Crippen LogP contribution in [-0.2, 0) is 9.53 Å². The summed E-state index contributed by atoms with van der Waals surface area (Å²) in [6.45, 7) is 7.66. The summed E-state index contributed by atoms with van der Waals surface area (Å²) in [5.41, 5.74) is 2.54. The minimum absolute atomic E-state index is 0.139. The quantitative estimate of drug-likeness (QED) is 0.600. The van der Waals surface area contributed by atoms with Crippen LogP contribution in [0, 0.1) is 13.8 Å². The number of rotatable bonds is 6. The highest BCUT2D eigenvalue weighted by Crippen LogP contribution is 2.21. The minimum Gasteiger partial charge on any atom is -0.451 e. The van der Waals surface area contributed by atoms with Crippen molar-refractivity contribution in [1.82, 2.24) is 4.98 Å². The molecule has 0 aliphatic carbocycles. The third-order valence-corrected chi connectivity index (χ3v) is 4.11. The Morgan fingerprint density at radius 1 is 1.11 bits per heavy atom. The summed E-state index contributed by atoms with van der Waals surface area (Å²) in [7, 11) is 0. The van der Waals surface area contributed by atoms with Crippen LogP contribution in [-0.4, -0.2) is 34.5 Å². The number of ether oxygens (including phenoxy) is 1. The van der Waals surface area contributed by atoms with Gasteiger partial charge in [0.15, 0.2) is 11.9 Å². The molecule has 1 atom stereocenters. The number of H-pyrrole nitrogens is 1. The number of aromatic amines is 1. The van der Waals surface area contributed by atoms with Crippen molar-refractivity contribution in [2.75, 3.05) is 5.32 Å². The van der Waals surface area contributed by atoms with Crippen LogP contribution in [0.2, 0.25) is 0 Å². The summed E-state index contributed by atoms with van der Waals surface area (Å²) in [6.07, 6.45) is -1.04. The predicted molar refractivity (Wildman–Crippen MR) is 100 cm³/mol. The molecule has 0 aliphatic heterocycles. The number of hydrogen-bond donors (Lipinski definition) is 2. The van der Waals surface area contributed by atoms with E-state index >= 15 is 0 Å². The van der Waals surface area contributed by atoms with E-state index in [0.717, 1.165) is 0 Å². The number of Topliss-reactive ketones (excluding diaryl/α,β-unsaturated/α-hetero) is 2. The van der Waals surface area contributed by atoms with Crippen LogP contribution in [0.15, 0.2) is 24.3 Å². The summed E-state index contributed by atoms with van der Waals surface area (Å²) in [5.74, 6) is -1.51. The van der Waals surface area contributed by atoms with Gasteiger partial charge in [-0.3, -0.25) is 14.4 Å². The number of esters is 1. The first-order valence-electron chi connectivity index (χ1n) is 8.44. The van der Waals surface area contributed by atoms with Crippen molar-refractivity contribution >= 4 is 29.1 Å². The molecule has 2 N–H and O–H groups in total. The lowest BCUT2D eigenvalue weighted by Crippen LogP contribution is -2.25. The number of anilines is 1. The van der Waals surface area contributed by atoms with E-state index in [4.69, 9.17) is 4.74 Å². The van der Waals surface area contributed by atoms with Crippen molar-refractivity contribution in [3.05, 3.63) is 52.3 Å². The second-order valence-electron chi connectivity index (χ2n) is 6.35. The van der Waals surface area contributed by atoms with Gasteiger partial charge >= 0.3 is 5.97 Å². The van der Waals surface area contributed by atoms with Crippen LogP contribution >= 0.6 is 0 Å². The molecular weight excluding hydrogens is 348 g/mol. The Labute approximate surface area is 157 Å². The highest BCUT2D eigenvalue weighted by atomic mass is 16.5. The van der Waals surface area contributed by atoms with E-state index < -0.39 is 17.9 Å². The summed E-state index contributed by atoms with van der Waals surface area (Å²) in [6, 6.07) is 6.24. The lowest BCUT2D eigenvalue weighted by Gasteiger charge is -2.13. The van der Waals surface area contributed by atoms with E-state index in [-0.39, 0.29) is 22.9 Å². The molecule has 1 heterocycles. The van der Waals surface area contributed by atoms with Crippen molar-refractivity contribution in [3.63, 3.8) is 0 Å². The van der Waals surface area contributed by atoms with Gasteiger partial charge in [0.1, 0.15) is 0 Å². The van der Waals surface area contributed by atoms with Crippen LogP contribution < -0.4 is 5.32 Å². The lowest BCUT2D eigenvalue weighted by atomic mass is 10.0. The van der Waals surface area contributed by atoms with E-state index in [1.54, 1.807) is 26.0 Å². The summed E-state index contributed by atoms with van der Waals surface area (Å²) < 4.78 is 5.27. The van der Waals surface area contributed by atoms with Crippen molar-refractivity contribution < 1.29 is 23.9 Å². The molecule has 0 bridgehead atoms. The fourth-order valence-corrected chi connectivity index (χ4v) is 2.94. The van der Waals surface area contributed by atoms with E-state index in [1.165, 1.54) is 32.9 Å². The fraction of sp³-hybridized carbons (Fsp3) is 0.300. The van der Waals surface area contributed by atoms with Gasteiger partial charge in [0.2, 0.25) is 11.7 Å². The predicted octanol–water partition coefficient (Wildman–Crippen LogP) is 3.22. The zero-order valence-corrected chi connectivity index (χ0v) is 15.9. The Hall–Kier alpha value is -3.22. The molecule has 1 aromatic heterocycles. The summed E-state index contributed by atoms with van der Waals surface area (Å²) >= 11 is 0. The molecule has 0 radical (unpaired) electrons. The van der Waals surface area contributed by atoms with Gasteiger partial charge in [0.25, 0.3) is 0 Å². The maximum Gasteiger partial charge on any atom is 0.338 e.